The van der Waals surface area contributed by atoms with Gasteiger partial charge in [-0.15, -0.1) is 18.5 Å². The summed E-state index contributed by atoms with van der Waals surface area (Å²) in [5.41, 5.74) is 0. The Morgan fingerprint density at radius 3 is 1.25 bits per heavy atom. The fraction of sp³-hybridized carbons (Fsp3) is 1.00. The van der Waals surface area contributed by atoms with E-state index in [2.05, 4.69) is 18.5 Å². The monoisotopic (exact) mass is 275 g/mol. The van der Waals surface area contributed by atoms with Gasteiger partial charge in [0.25, 0.3) is 0 Å². The molecule has 0 radical (unpaired) electrons. The zero-order valence-electron chi connectivity index (χ0n) is 2.18. The van der Waals surface area contributed by atoms with Crippen molar-refractivity contribution in [3.8, 4) is 0 Å². The van der Waals surface area contributed by atoms with E-state index in [-0.39, 0.29) is 21.1 Å². The summed E-state index contributed by atoms with van der Waals surface area (Å²) in [6.45, 7) is 0. The van der Waals surface area contributed by atoms with Gasteiger partial charge in [0.1, 0.15) is 0 Å². The van der Waals surface area contributed by atoms with Crippen LogP contribution in [0.1, 0.15) is 0 Å². The molecule has 3 heteroatoms. The SMILES string of the molecule is PCP.[Pt]. The first-order valence-corrected chi connectivity index (χ1v) is 2.45. The molecule has 0 amide bonds. The van der Waals surface area contributed by atoms with Crippen LogP contribution in [0.4, 0.5) is 0 Å². The first-order chi connectivity index (χ1) is 1.41. The van der Waals surface area contributed by atoms with Gasteiger partial charge in [0.15, 0.2) is 0 Å². The second kappa shape index (κ2) is 8.82. The molecule has 0 aliphatic heterocycles. The molecule has 0 spiro atoms. The van der Waals surface area contributed by atoms with Crippen LogP contribution in [0.2, 0.25) is 0 Å². The minimum Gasteiger partial charge on any atom is -0.134 e. The molecule has 4 heavy (non-hydrogen) atoms. The molecule has 0 aliphatic rings. The summed E-state index contributed by atoms with van der Waals surface area (Å²) in [6, 6.07) is 0. The van der Waals surface area contributed by atoms with Crippen LogP contribution in [0, 0.1) is 0 Å². The van der Waals surface area contributed by atoms with Crippen molar-refractivity contribution >= 4 is 18.5 Å². The molecule has 2 unspecified atom stereocenters. The largest absolute Gasteiger partial charge is 0.134 e. The van der Waals surface area contributed by atoms with Crippen LogP contribution in [0.3, 0.4) is 0 Å². The predicted octanol–water partition coefficient (Wildman–Crippen LogP) is 0.692. The fourth-order valence-corrected chi connectivity index (χ4v) is 0. The smallest absolute Gasteiger partial charge is 0 e. The third-order valence-electron chi connectivity index (χ3n) is 0. The van der Waals surface area contributed by atoms with Crippen LogP contribution in [0.25, 0.3) is 0 Å². The zero-order valence-corrected chi connectivity index (χ0v) is 6.76. The molecule has 0 fully saturated rings. The molecule has 0 aromatic carbocycles. The Morgan fingerprint density at radius 1 is 1.25 bits per heavy atom. The molecular formula is CH6P2Pt. The second-order valence-corrected chi connectivity index (χ2v) is 2.12. The maximum absolute atomic E-state index is 2.54. The fourth-order valence-electron chi connectivity index (χ4n) is 0. The van der Waals surface area contributed by atoms with Crippen LogP contribution in [-0.4, -0.2) is 5.90 Å². The van der Waals surface area contributed by atoms with E-state index in [0.717, 1.165) is 5.90 Å². The van der Waals surface area contributed by atoms with Gasteiger partial charge in [0.05, 0.1) is 0 Å². The maximum atomic E-state index is 2.54. The normalized spacial score (nSPS) is 4.50. The van der Waals surface area contributed by atoms with Gasteiger partial charge in [0.2, 0.25) is 0 Å². The predicted molar refractivity (Wildman–Crippen MR) is 24.3 cm³/mol. The van der Waals surface area contributed by atoms with Crippen LogP contribution >= 0.6 is 18.5 Å². The first kappa shape index (κ1) is 9.12. The van der Waals surface area contributed by atoms with Crippen molar-refractivity contribution in [1.82, 2.24) is 0 Å². The van der Waals surface area contributed by atoms with Gasteiger partial charge in [-0.25, -0.2) is 0 Å². The summed E-state index contributed by atoms with van der Waals surface area (Å²) in [4.78, 5) is 0. The number of hydrogen-bond acceptors (Lipinski definition) is 0. The Kier molecular flexibility index (Phi) is 20.1. The molecule has 0 rings (SSSR count). The van der Waals surface area contributed by atoms with Crippen molar-refractivity contribution in [2.24, 2.45) is 0 Å². The minimum atomic E-state index is 0. The van der Waals surface area contributed by atoms with Gasteiger partial charge in [0, 0.05) is 21.1 Å². The van der Waals surface area contributed by atoms with Gasteiger partial charge in [-0.2, -0.15) is 0 Å². The molecular weight excluding hydrogens is 269 g/mol. The zero-order chi connectivity index (χ0) is 2.71. The summed E-state index contributed by atoms with van der Waals surface area (Å²) < 4.78 is 0. The molecule has 0 saturated heterocycles. The van der Waals surface area contributed by atoms with Crippen molar-refractivity contribution < 1.29 is 21.1 Å². The van der Waals surface area contributed by atoms with Crippen LogP contribution in [0.5, 0.6) is 0 Å². The Balaban J connectivity index is 0. The molecule has 0 aliphatic carbocycles. The Morgan fingerprint density at radius 2 is 1.25 bits per heavy atom. The van der Waals surface area contributed by atoms with Crippen LogP contribution in [-0.2, 0) is 21.1 Å². The Labute approximate surface area is 45.8 Å². The minimum absolute atomic E-state index is 0. The van der Waals surface area contributed by atoms with E-state index in [0.29, 0.717) is 0 Å². The van der Waals surface area contributed by atoms with E-state index in [9.17, 15) is 0 Å². The third-order valence-corrected chi connectivity index (χ3v) is 0. The Hall–Kier alpha value is 1.55. The topological polar surface area (TPSA) is 0 Å². The van der Waals surface area contributed by atoms with E-state index < -0.39 is 0 Å². The van der Waals surface area contributed by atoms with Crippen molar-refractivity contribution in [2.75, 3.05) is 5.90 Å². The van der Waals surface area contributed by atoms with E-state index in [1.54, 1.807) is 0 Å². The van der Waals surface area contributed by atoms with E-state index in [4.69, 9.17) is 0 Å². The van der Waals surface area contributed by atoms with Crippen molar-refractivity contribution in [3.63, 3.8) is 0 Å². The molecule has 0 nitrogen and oxygen atoms in total. The van der Waals surface area contributed by atoms with Gasteiger partial charge in [-0.1, -0.05) is 0 Å². The molecule has 2 atom stereocenters. The summed E-state index contributed by atoms with van der Waals surface area (Å²) in [5.74, 6) is 1.08. The number of hydrogen-bond donors (Lipinski definition) is 0. The van der Waals surface area contributed by atoms with Gasteiger partial charge >= 0.3 is 0 Å². The molecule has 0 N–H and O–H groups in total. The van der Waals surface area contributed by atoms with E-state index >= 15 is 0 Å². The van der Waals surface area contributed by atoms with Gasteiger partial charge in [-0.05, 0) is 5.90 Å². The van der Waals surface area contributed by atoms with Gasteiger partial charge in [-0.3, -0.25) is 0 Å². The molecule has 0 saturated carbocycles. The van der Waals surface area contributed by atoms with Crippen LogP contribution in [0.15, 0.2) is 0 Å². The molecule has 0 aromatic heterocycles. The summed E-state index contributed by atoms with van der Waals surface area (Å²) >= 11 is 0. The molecule has 0 aromatic rings. The maximum Gasteiger partial charge on any atom is 0 e. The quantitative estimate of drug-likeness (QED) is 0.571. The van der Waals surface area contributed by atoms with Crippen molar-refractivity contribution in [2.45, 2.75) is 0 Å². The average molecular weight is 275 g/mol. The van der Waals surface area contributed by atoms with Gasteiger partial charge < -0.3 is 0 Å². The van der Waals surface area contributed by atoms with E-state index in [1.807, 2.05) is 0 Å². The van der Waals surface area contributed by atoms with Crippen molar-refractivity contribution in [1.29, 1.82) is 0 Å². The molecule has 0 bridgehead atoms. The third kappa shape index (κ3) is 9.61. The van der Waals surface area contributed by atoms with Crippen molar-refractivity contribution in [3.05, 3.63) is 0 Å². The average Bonchev–Trinajstić information content (AvgIpc) is 0.918. The summed E-state index contributed by atoms with van der Waals surface area (Å²) in [5, 5.41) is 0. The number of rotatable bonds is 0. The summed E-state index contributed by atoms with van der Waals surface area (Å²) in [6.07, 6.45) is 0. The molecule has 30 valence electrons. The summed E-state index contributed by atoms with van der Waals surface area (Å²) in [7, 11) is 5.08. The first-order valence-electron chi connectivity index (χ1n) is 0.816. The molecule has 0 heterocycles. The standard InChI is InChI=1S/CH6P2.Pt/c2-1-3;/h1-3H2;. The second-order valence-electron chi connectivity index (χ2n) is 0.236. The van der Waals surface area contributed by atoms with Crippen LogP contribution < -0.4 is 0 Å². The Bertz CT molecular complexity index is 6.00. The van der Waals surface area contributed by atoms with E-state index in [1.165, 1.54) is 0 Å².